The van der Waals surface area contributed by atoms with Crippen LogP contribution in [0.4, 0.5) is 0 Å². The summed E-state index contributed by atoms with van der Waals surface area (Å²) in [5.74, 6) is 5.69. The topological polar surface area (TPSA) is 62.7 Å². The highest BCUT2D eigenvalue weighted by Crippen LogP contribution is 2.16. The minimum atomic E-state index is -0.0484. The van der Waals surface area contributed by atoms with Gasteiger partial charge in [-0.25, -0.2) is 0 Å². The van der Waals surface area contributed by atoms with Crippen molar-refractivity contribution in [3.8, 4) is 11.8 Å². The molecule has 1 aliphatic rings. The Morgan fingerprint density at radius 2 is 2.19 bits per heavy atom. The van der Waals surface area contributed by atoms with Crippen LogP contribution in [0.5, 0.6) is 0 Å². The van der Waals surface area contributed by atoms with Gasteiger partial charge in [-0.3, -0.25) is 9.78 Å². The highest BCUT2D eigenvalue weighted by Gasteiger charge is 2.27. The summed E-state index contributed by atoms with van der Waals surface area (Å²) in [6.45, 7) is 5.09. The van der Waals surface area contributed by atoms with Crippen LogP contribution in [0.2, 0.25) is 0 Å². The number of rotatable bonds is 2. The first kappa shape index (κ1) is 15.5. The average molecular weight is 288 g/mol. The Bertz CT molecular complexity index is 552. The number of carbonyl (C=O) groups excluding carboxylic acids is 1. The van der Waals surface area contributed by atoms with Gasteiger partial charge in [0.25, 0.3) is 5.91 Å². The third-order valence-corrected chi connectivity index (χ3v) is 3.22. The van der Waals surface area contributed by atoms with E-state index in [-0.39, 0.29) is 24.7 Å². The molecule has 0 aromatic carbocycles. The zero-order chi connectivity index (χ0) is 15.2. The van der Waals surface area contributed by atoms with Gasteiger partial charge in [-0.2, -0.15) is 0 Å². The third kappa shape index (κ3) is 4.03. The molecule has 1 aliphatic heterocycles. The lowest BCUT2D eigenvalue weighted by Gasteiger charge is -2.35. The molecule has 21 heavy (non-hydrogen) atoms. The fraction of sp³-hybridized carbons (Fsp3) is 0.500. The molecule has 5 nitrogen and oxygen atoms in total. The van der Waals surface area contributed by atoms with Gasteiger partial charge in [0, 0.05) is 31.9 Å². The number of hydrogen-bond donors (Lipinski definition) is 1. The zero-order valence-electron chi connectivity index (χ0n) is 12.4. The number of carbonyl (C=O) groups is 1. The Morgan fingerprint density at radius 1 is 1.48 bits per heavy atom. The van der Waals surface area contributed by atoms with Gasteiger partial charge in [-0.15, -0.1) is 0 Å². The summed E-state index contributed by atoms with van der Waals surface area (Å²) in [6, 6.07) is 1.69. The molecule has 0 radical (unpaired) electrons. The second kappa shape index (κ2) is 7.21. The molecule has 0 unspecified atom stereocenters. The summed E-state index contributed by atoms with van der Waals surface area (Å²) in [5, 5.41) is 8.78. The lowest BCUT2D eigenvalue weighted by atomic mass is 10.1. The highest BCUT2D eigenvalue weighted by atomic mass is 16.5. The van der Waals surface area contributed by atoms with Crippen molar-refractivity contribution in [1.29, 1.82) is 0 Å². The molecule has 112 valence electrons. The monoisotopic (exact) mass is 288 g/mol. The van der Waals surface area contributed by atoms with Crippen molar-refractivity contribution < 1.29 is 14.6 Å². The molecule has 1 fully saturated rings. The fourth-order valence-corrected chi connectivity index (χ4v) is 2.41. The first-order valence-corrected chi connectivity index (χ1v) is 7.10. The van der Waals surface area contributed by atoms with Crippen molar-refractivity contribution in [3.05, 3.63) is 29.6 Å². The molecule has 5 heteroatoms. The van der Waals surface area contributed by atoms with E-state index in [9.17, 15) is 4.79 Å². The van der Waals surface area contributed by atoms with Gasteiger partial charge in [0.15, 0.2) is 0 Å². The number of morpholine rings is 1. The van der Waals surface area contributed by atoms with Crippen molar-refractivity contribution >= 4 is 5.91 Å². The number of aromatic nitrogens is 1. The minimum Gasteiger partial charge on any atom is -0.395 e. The Morgan fingerprint density at radius 3 is 2.86 bits per heavy atom. The van der Waals surface area contributed by atoms with Crippen LogP contribution in [0.25, 0.3) is 0 Å². The highest BCUT2D eigenvalue weighted by molar-refractivity contribution is 5.96. The minimum absolute atomic E-state index is 0.00896. The smallest absolute Gasteiger partial charge is 0.255 e. The summed E-state index contributed by atoms with van der Waals surface area (Å²) in [5.41, 5.74) is 1.15. The summed E-state index contributed by atoms with van der Waals surface area (Å²) in [4.78, 5) is 18.5. The molecule has 2 rings (SSSR count). The van der Waals surface area contributed by atoms with E-state index in [0.717, 1.165) is 0 Å². The predicted molar refractivity (Wildman–Crippen MR) is 78.7 cm³/mol. The zero-order valence-corrected chi connectivity index (χ0v) is 12.4. The van der Waals surface area contributed by atoms with Crippen LogP contribution in [0.3, 0.4) is 0 Å². The van der Waals surface area contributed by atoms with Crippen molar-refractivity contribution in [2.45, 2.75) is 32.5 Å². The van der Waals surface area contributed by atoms with E-state index in [4.69, 9.17) is 9.84 Å². The van der Waals surface area contributed by atoms with Crippen molar-refractivity contribution in [3.63, 3.8) is 0 Å². The number of hydrogen-bond acceptors (Lipinski definition) is 4. The van der Waals surface area contributed by atoms with E-state index in [2.05, 4.69) is 16.8 Å². The molecular formula is C16H20N2O3. The molecule has 1 saturated heterocycles. The van der Waals surface area contributed by atoms with E-state index >= 15 is 0 Å². The first-order chi connectivity index (χ1) is 10.1. The molecule has 2 atom stereocenters. The van der Waals surface area contributed by atoms with E-state index in [1.807, 2.05) is 13.8 Å². The first-order valence-electron chi connectivity index (χ1n) is 7.10. The van der Waals surface area contributed by atoms with Crippen LogP contribution in [-0.2, 0) is 4.74 Å². The lowest BCUT2D eigenvalue weighted by molar-refractivity contribution is -0.0586. The molecular weight excluding hydrogens is 268 g/mol. The number of pyridine rings is 1. The summed E-state index contributed by atoms with van der Waals surface area (Å²) < 4.78 is 5.65. The molecule has 0 aliphatic carbocycles. The summed E-state index contributed by atoms with van der Waals surface area (Å²) in [7, 11) is 0. The van der Waals surface area contributed by atoms with Crippen LogP contribution in [-0.4, -0.2) is 52.8 Å². The maximum atomic E-state index is 12.7. The maximum absolute atomic E-state index is 12.7. The van der Waals surface area contributed by atoms with Gasteiger partial charge in [-0.1, -0.05) is 11.8 Å². The van der Waals surface area contributed by atoms with E-state index in [1.54, 1.807) is 23.4 Å². The molecule has 0 bridgehead atoms. The molecule has 1 aromatic heterocycles. The van der Waals surface area contributed by atoms with Crippen LogP contribution in [0, 0.1) is 11.8 Å². The number of nitrogens with zero attached hydrogens (tertiary/aromatic N) is 2. The van der Waals surface area contributed by atoms with Crippen LogP contribution >= 0.6 is 0 Å². The third-order valence-electron chi connectivity index (χ3n) is 3.22. The van der Waals surface area contributed by atoms with E-state index in [1.165, 1.54) is 0 Å². The number of aliphatic hydroxyl groups excluding tert-OH is 1. The Labute approximate surface area is 124 Å². The number of amides is 1. The van der Waals surface area contributed by atoms with Crippen LogP contribution in [0.15, 0.2) is 18.5 Å². The van der Waals surface area contributed by atoms with E-state index in [0.29, 0.717) is 30.6 Å². The maximum Gasteiger partial charge on any atom is 0.255 e. The van der Waals surface area contributed by atoms with Gasteiger partial charge in [0.2, 0.25) is 0 Å². The fourth-order valence-electron chi connectivity index (χ4n) is 2.41. The van der Waals surface area contributed by atoms with Crippen LogP contribution in [0.1, 0.15) is 36.2 Å². The average Bonchev–Trinajstić information content (AvgIpc) is 2.46. The van der Waals surface area contributed by atoms with Gasteiger partial charge in [0.1, 0.15) is 0 Å². The second-order valence-electron chi connectivity index (χ2n) is 5.16. The Kier molecular flexibility index (Phi) is 5.32. The second-order valence-corrected chi connectivity index (χ2v) is 5.16. The lowest BCUT2D eigenvalue weighted by Crippen LogP contribution is -2.48. The van der Waals surface area contributed by atoms with Gasteiger partial charge in [-0.05, 0) is 19.9 Å². The molecule has 0 spiro atoms. The van der Waals surface area contributed by atoms with Gasteiger partial charge < -0.3 is 14.7 Å². The number of aliphatic hydroxyl groups is 1. The van der Waals surface area contributed by atoms with Crippen LogP contribution < -0.4 is 0 Å². The molecule has 2 heterocycles. The Balaban J connectivity index is 2.21. The normalized spacial score (nSPS) is 21.6. The standard InChI is InChI=1S/C16H20N2O3/c1-12-10-18(11-13(2)21-12)16(20)15-6-7-17-9-14(15)5-3-4-8-19/h6-7,9,12-13,19H,4,8,10-11H2,1-2H3/t12-,13+. The molecule has 1 aromatic rings. The van der Waals surface area contributed by atoms with Crippen molar-refractivity contribution in [2.75, 3.05) is 19.7 Å². The van der Waals surface area contributed by atoms with E-state index < -0.39 is 0 Å². The van der Waals surface area contributed by atoms with Gasteiger partial charge in [0.05, 0.1) is 29.9 Å². The molecule has 0 saturated carbocycles. The van der Waals surface area contributed by atoms with Gasteiger partial charge >= 0.3 is 0 Å². The summed E-state index contributed by atoms with van der Waals surface area (Å²) >= 11 is 0. The largest absolute Gasteiger partial charge is 0.395 e. The predicted octanol–water partition coefficient (Wildman–Crippen LogP) is 1.06. The SMILES string of the molecule is C[C@@H]1CN(C(=O)c2ccncc2C#CCCO)C[C@H](C)O1. The molecule has 1 amide bonds. The summed E-state index contributed by atoms with van der Waals surface area (Å²) in [6.07, 6.45) is 3.63. The molecule has 1 N–H and O–H groups in total. The van der Waals surface area contributed by atoms with Crippen molar-refractivity contribution in [2.24, 2.45) is 0 Å². The number of ether oxygens (including phenoxy) is 1. The Hall–Kier alpha value is -1.90. The van der Waals surface area contributed by atoms with Crippen molar-refractivity contribution in [1.82, 2.24) is 9.88 Å². The quantitative estimate of drug-likeness (QED) is 0.827.